The van der Waals surface area contributed by atoms with Gasteiger partial charge < -0.3 is 0 Å². The van der Waals surface area contributed by atoms with E-state index in [-0.39, 0.29) is 0 Å². The van der Waals surface area contributed by atoms with Gasteiger partial charge in [-0.25, -0.2) is 9.69 Å². The van der Waals surface area contributed by atoms with Crippen LogP contribution in [0.2, 0.25) is 0 Å². The van der Waals surface area contributed by atoms with Crippen molar-refractivity contribution >= 4 is 23.5 Å². The van der Waals surface area contributed by atoms with E-state index in [1.54, 1.807) is 0 Å². The minimum Gasteiger partial charge on any atom is -0.276 e. The van der Waals surface area contributed by atoms with Gasteiger partial charge in [-0.05, 0) is 38.1 Å². The first kappa shape index (κ1) is 12.8. The number of carbonyl (C=O) groups is 3. The summed E-state index contributed by atoms with van der Waals surface area (Å²) in [6.07, 6.45) is 0. The predicted octanol–water partition coefficient (Wildman–Crippen LogP) is 1.17. The highest BCUT2D eigenvalue weighted by molar-refractivity contribution is 6.29. The fraction of sp³-hybridized carbons (Fsp3) is 0.231. The molecule has 2 rings (SSSR count). The highest BCUT2D eigenvalue weighted by Crippen LogP contribution is 2.27. The third-order valence-corrected chi connectivity index (χ3v) is 2.98. The molecule has 1 aromatic rings. The molecule has 0 aliphatic carbocycles. The normalized spacial score (nSPS) is 17.9. The van der Waals surface area contributed by atoms with Crippen LogP contribution in [-0.2, 0) is 9.59 Å². The summed E-state index contributed by atoms with van der Waals surface area (Å²) in [7, 11) is 0. The average Bonchev–Trinajstić information content (AvgIpc) is 2.38. The molecule has 19 heavy (non-hydrogen) atoms. The van der Waals surface area contributed by atoms with Gasteiger partial charge >= 0.3 is 6.03 Å². The molecule has 96 valence electrons. The van der Waals surface area contributed by atoms with Crippen molar-refractivity contribution in [2.75, 3.05) is 4.90 Å². The number of barbiturate groups is 1. The number of nitrogens with one attached hydrogen (secondary N) is 1. The molecule has 1 aromatic carbocycles. The summed E-state index contributed by atoms with van der Waals surface area (Å²) >= 11 is 0. The van der Waals surface area contributed by atoms with Gasteiger partial charge in [0, 0.05) is 0 Å². The molecule has 0 aromatic heterocycles. The van der Waals surface area contributed by atoms with Gasteiger partial charge in [0.25, 0.3) is 0 Å². The monoisotopic (exact) mass is 257 g/mol. The Labute approximate surface area is 109 Å². The molecule has 1 aliphatic rings. The van der Waals surface area contributed by atoms with Crippen molar-refractivity contribution in [3.8, 4) is 6.07 Å². The van der Waals surface area contributed by atoms with E-state index in [1.807, 2.05) is 6.07 Å². The van der Waals surface area contributed by atoms with Gasteiger partial charge in [-0.2, -0.15) is 5.26 Å². The Morgan fingerprint density at radius 1 is 1.16 bits per heavy atom. The van der Waals surface area contributed by atoms with Gasteiger partial charge in [0.2, 0.25) is 11.8 Å². The first-order chi connectivity index (χ1) is 8.87. The number of hydrogen-bond acceptors (Lipinski definition) is 4. The van der Waals surface area contributed by atoms with Crippen LogP contribution in [0.25, 0.3) is 0 Å². The van der Waals surface area contributed by atoms with E-state index in [9.17, 15) is 14.4 Å². The third-order valence-electron chi connectivity index (χ3n) is 2.98. The van der Waals surface area contributed by atoms with Crippen LogP contribution in [0.4, 0.5) is 10.5 Å². The molecular formula is C13H11N3O3. The Hall–Kier alpha value is -2.68. The molecular weight excluding hydrogens is 246 g/mol. The largest absolute Gasteiger partial charge is 0.335 e. The SMILES string of the molecule is CC1(C)C(=O)NC(=O)N(c2ccc(C#N)cc2)C1=O. The van der Waals surface area contributed by atoms with Crippen LogP contribution < -0.4 is 10.2 Å². The number of imide groups is 2. The lowest BCUT2D eigenvalue weighted by Crippen LogP contribution is -2.62. The third kappa shape index (κ3) is 1.95. The van der Waals surface area contributed by atoms with Crippen molar-refractivity contribution in [3.63, 3.8) is 0 Å². The summed E-state index contributed by atoms with van der Waals surface area (Å²) in [5.41, 5.74) is -0.562. The first-order valence-electron chi connectivity index (χ1n) is 5.58. The summed E-state index contributed by atoms with van der Waals surface area (Å²) < 4.78 is 0. The summed E-state index contributed by atoms with van der Waals surface area (Å²) in [4.78, 5) is 36.5. The number of nitrogens with zero attached hydrogens (tertiary/aromatic N) is 2. The van der Waals surface area contributed by atoms with E-state index in [0.29, 0.717) is 11.3 Å². The highest BCUT2D eigenvalue weighted by Gasteiger charge is 2.47. The Kier molecular flexibility index (Phi) is 2.83. The predicted molar refractivity (Wildman–Crippen MR) is 66.0 cm³/mol. The number of urea groups is 1. The van der Waals surface area contributed by atoms with Crippen LogP contribution in [0.15, 0.2) is 24.3 Å². The average molecular weight is 257 g/mol. The molecule has 6 heteroatoms. The Morgan fingerprint density at radius 2 is 1.74 bits per heavy atom. The summed E-state index contributed by atoms with van der Waals surface area (Å²) in [5.74, 6) is -1.21. The fourth-order valence-corrected chi connectivity index (χ4v) is 1.70. The molecule has 1 heterocycles. The molecule has 0 radical (unpaired) electrons. The summed E-state index contributed by atoms with van der Waals surface area (Å²) in [5, 5.41) is 10.8. The number of hydrogen-bond donors (Lipinski definition) is 1. The molecule has 0 unspecified atom stereocenters. The lowest BCUT2D eigenvalue weighted by Gasteiger charge is -2.34. The molecule has 1 fully saturated rings. The number of nitriles is 1. The molecule has 0 spiro atoms. The molecule has 1 aliphatic heterocycles. The van der Waals surface area contributed by atoms with Gasteiger partial charge in [0.1, 0.15) is 5.41 Å². The lowest BCUT2D eigenvalue weighted by atomic mass is 9.88. The van der Waals surface area contributed by atoms with E-state index in [2.05, 4.69) is 5.32 Å². The molecule has 0 bridgehead atoms. The van der Waals surface area contributed by atoms with Gasteiger partial charge in [-0.3, -0.25) is 14.9 Å². The van der Waals surface area contributed by atoms with E-state index in [1.165, 1.54) is 38.1 Å². The summed E-state index contributed by atoms with van der Waals surface area (Å²) in [6.45, 7) is 2.90. The number of rotatable bonds is 1. The van der Waals surface area contributed by atoms with E-state index >= 15 is 0 Å². The molecule has 0 atom stereocenters. The van der Waals surface area contributed by atoms with Crippen LogP contribution in [0.1, 0.15) is 19.4 Å². The second-order valence-electron chi connectivity index (χ2n) is 4.68. The topological polar surface area (TPSA) is 90.3 Å². The lowest BCUT2D eigenvalue weighted by molar-refractivity contribution is -0.140. The fourth-order valence-electron chi connectivity index (χ4n) is 1.70. The van der Waals surface area contributed by atoms with Crippen molar-refractivity contribution in [2.24, 2.45) is 5.41 Å². The molecule has 0 saturated carbocycles. The zero-order chi connectivity index (χ0) is 14.2. The molecule has 1 N–H and O–H groups in total. The van der Waals surface area contributed by atoms with Crippen LogP contribution in [0, 0.1) is 16.7 Å². The van der Waals surface area contributed by atoms with Crippen LogP contribution >= 0.6 is 0 Å². The van der Waals surface area contributed by atoms with Gasteiger partial charge in [-0.15, -0.1) is 0 Å². The minimum absolute atomic E-state index is 0.321. The number of benzene rings is 1. The smallest absolute Gasteiger partial charge is 0.276 e. The van der Waals surface area contributed by atoms with Crippen molar-refractivity contribution < 1.29 is 14.4 Å². The van der Waals surface area contributed by atoms with Crippen molar-refractivity contribution in [1.82, 2.24) is 5.32 Å². The maximum atomic E-state index is 12.2. The standard InChI is InChI=1S/C13H11N3O3/c1-13(2)10(17)15-12(19)16(11(13)18)9-5-3-8(7-14)4-6-9/h3-6H,1-2H3,(H,15,17,19). The van der Waals surface area contributed by atoms with Crippen molar-refractivity contribution in [2.45, 2.75) is 13.8 Å². The second-order valence-corrected chi connectivity index (χ2v) is 4.68. The molecule has 4 amide bonds. The van der Waals surface area contributed by atoms with E-state index in [0.717, 1.165) is 4.90 Å². The number of amides is 4. The van der Waals surface area contributed by atoms with Gasteiger partial charge in [0.15, 0.2) is 0 Å². The van der Waals surface area contributed by atoms with Crippen LogP contribution in [-0.4, -0.2) is 17.8 Å². The minimum atomic E-state index is -1.30. The maximum absolute atomic E-state index is 12.2. The quantitative estimate of drug-likeness (QED) is 0.764. The Balaban J connectivity index is 2.43. The van der Waals surface area contributed by atoms with E-state index in [4.69, 9.17) is 5.26 Å². The Morgan fingerprint density at radius 3 is 2.26 bits per heavy atom. The van der Waals surface area contributed by atoms with Crippen molar-refractivity contribution in [1.29, 1.82) is 5.26 Å². The summed E-state index contributed by atoms with van der Waals surface area (Å²) in [6, 6.07) is 7.14. The van der Waals surface area contributed by atoms with Crippen LogP contribution in [0.3, 0.4) is 0 Å². The van der Waals surface area contributed by atoms with Gasteiger partial charge in [-0.1, -0.05) is 0 Å². The van der Waals surface area contributed by atoms with Gasteiger partial charge in [0.05, 0.1) is 17.3 Å². The zero-order valence-electron chi connectivity index (χ0n) is 10.4. The Bertz CT molecular complexity index is 611. The van der Waals surface area contributed by atoms with Crippen molar-refractivity contribution in [3.05, 3.63) is 29.8 Å². The van der Waals surface area contributed by atoms with Crippen LogP contribution in [0.5, 0.6) is 0 Å². The van der Waals surface area contributed by atoms with E-state index < -0.39 is 23.3 Å². The molecule has 6 nitrogen and oxygen atoms in total. The number of anilines is 1. The maximum Gasteiger partial charge on any atom is 0.335 e. The second kappa shape index (κ2) is 4.21. The first-order valence-corrected chi connectivity index (χ1v) is 5.58. The molecule has 1 saturated heterocycles. The number of carbonyl (C=O) groups excluding carboxylic acids is 3. The highest BCUT2D eigenvalue weighted by atomic mass is 16.2. The zero-order valence-corrected chi connectivity index (χ0v) is 10.4.